The maximum Gasteiger partial charge on any atom is 0.273 e. The maximum absolute atomic E-state index is 12.1. The Hall–Kier alpha value is -3.52. The third kappa shape index (κ3) is 2.99. The quantitative estimate of drug-likeness (QED) is 0.336. The molecule has 0 aliphatic carbocycles. The lowest BCUT2D eigenvalue weighted by molar-refractivity contribution is 0.0956. The van der Waals surface area contributed by atoms with Crippen molar-refractivity contribution in [1.29, 1.82) is 0 Å². The molecule has 0 saturated carbocycles. The first-order valence-electron chi connectivity index (χ1n) is 7.40. The van der Waals surface area contributed by atoms with Crippen LogP contribution in [0.5, 0.6) is 0 Å². The Bertz CT molecular complexity index is 963. The van der Waals surface area contributed by atoms with Crippen LogP contribution in [0.1, 0.15) is 15.9 Å². The zero-order valence-electron chi connectivity index (χ0n) is 12.9. The summed E-state index contributed by atoms with van der Waals surface area (Å²) in [6.07, 6.45) is 8.92. The van der Waals surface area contributed by atoms with E-state index >= 15 is 0 Å². The molecule has 1 aromatic heterocycles. The molecular weight excluding hydrogens is 300 g/mol. The van der Waals surface area contributed by atoms with Gasteiger partial charge in [-0.15, -0.1) is 6.42 Å². The average molecular weight is 316 g/mol. The van der Waals surface area contributed by atoms with Crippen LogP contribution in [0.3, 0.4) is 0 Å². The number of anilines is 1. The highest BCUT2D eigenvalue weighted by Gasteiger charge is 2.08. The van der Waals surface area contributed by atoms with E-state index in [4.69, 9.17) is 12.2 Å². The number of rotatable bonds is 4. The molecule has 24 heavy (non-hydrogen) atoms. The van der Waals surface area contributed by atoms with Crippen LogP contribution in [0.2, 0.25) is 0 Å². The summed E-state index contributed by atoms with van der Waals surface area (Å²) in [5.41, 5.74) is 11.0. The lowest BCUT2D eigenvalue weighted by Crippen LogP contribution is -2.18. The standard InChI is InChI=1S/C19H16N4O/c1-2-11-23-13-14(15-7-4-6-10-18(15)23)12-21-22-19(24)16-8-3-5-9-17(16)20/h1,3-10,12-13H,11,20H2,(H,22,24)/b21-12-. The van der Waals surface area contributed by atoms with Crippen molar-refractivity contribution in [3.8, 4) is 12.3 Å². The van der Waals surface area contributed by atoms with Gasteiger partial charge in [0.15, 0.2) is 0 Å². The van der Waals surface area contributed by atoms with E-state index in [0.717, 1.165) is 16.5 Å². The number of aromatic nitrogens is 1. The van der Waals surface area contributed by atoms with Crippen molar-refractivity contribution in [3.63, 3.8) is 0 Å². The summed E-state index contributed by atoms with van der Waals surface area (Å²) in [5.74, 6) is 2.28. The number of carbonyl (C=O) groups excluding carboxylic acids is 1. The summed E-state index contributed by atoms with van der Waals surface area (Å²) in [4.78, 5) is 12.1. The lowest BCUT2D eigenvalue weighted by atomic mass is 10.2. The summed E-state index contributed by atoms with van der Waals surface area (Å²) in [6, 6.07) is 14.7. The van der Waals surface area contributed by atoms with E-state index in [1.54, 1.807) is 30.5 Å². The van der Waals surface area contributed by atoms with Crippen LogP contribution < -0.4 is 11.2 Å². The van der Waals surface area contributed by atoms with Crippen LogP contribution >= 0.6 is 0 Å². The van der Waals surface area contributed by atoms with Crippen molar-refractivity contribution < 1.29 is 4.79 Å². The molecular formula is C19H16N4O. The Morgan fingerprint density at radius 2 is 2.00 bits per heavy atom. The summed E-state index contributed by atoms with van der Waals surface area (Å²) in [6.45, 7) is 0.473. The van der Waals surface area contributed by atoms with Crippen molar-refractivity contribution in [2.24, 2.45) is 5.10 Å². The summed E-state index contributed by atoms with van der Waals surface area (Å²) >= 11 is 0. The van der Waals surface area contributed by atoms with Gasteiger partial charge in [0, 0.05) is 28.4 Å². The number of hydrogen-bond donors (Lipinski definition) is 2. The lowest BCUT2D eigenvalue weighted by Gasteiger charge is -2.02. The summed E-state index contributed by atoms with van der Waals surface area (Å²) < 4.78 is 1.97. The predicted octanol–water partition coefficient (Wildman–Crippen LogP) is 2.62. The number of carbonyl (C=O) groups is 1. The Morgan fingerprint density at radius 1 is 1.25 bits per heavy atom. The molecule has 0 spiro atoms. The van der Waals surface area contributed by atoms with Crippen molar-refractivity contribution in [1.82, 2.24) is 9.99 Å². The normalized spacial score (nSPS) is 10.8. The number of hydrazone groups is 1. The monoisotopic (exact) mass is 316 g/mol. The fourth-order valence-corrected chi connectivity index (χ4v) is 2.53. The number of nitrogen functional groups attached to an aromatic ring is 1. The van der Waals surface area contributed by atoms with Crippen LogP contribution in [-0.4, -0.2) is 16.7 Å². The first-order valence-corrected chi connectivity index (χ1v) is 7.40. The second kappa shape index (κ2) is 6.71. The van der Waals surface area contributed by atoms with Gasteiger partial charge < -0.3 is 10.3 Å². The molecule has 118 valence electrons. The largest absolute Gasteiger partial charge is 0.398 e. The molecule has 0 aliphatic rings. The van der Waals surface area contributed by atoms with Gasteiger partial charge in [0.25, 0.3) is 5.91 Å². The summed E-state index contributed by atoms with van der Waals surface area (Å²) in [7, 11) is 0. The minimum Gasteiger partial charge on any atom is -0.398 e. The van der Waals surface area contributed by atoms with E-state index in [9.17, 15) is 4.79 Å². The first-order chi connectivity index (χ1) is 11.7. The van der Waals surface area contributed by atoms with E-state index in [0.29, 0.717) is 17.8 Å². The second-order valence-corrected chi connectivity index (χ2v) is 5.22. The van der Waals surface area contributed by atoms with Gasteiger partial charge in [0.2, 0.25) is 0 Å². The van der Waals surface area contributed by atoms with Crippen LogP contribution in [0.25, 0.3) is 10.9 Å². The average Bonchev–Trinajstić information content (AvgIpc) is 2.94. The van der Waals surface area contributed by atoms with E-state index in [1.807, 2.05) is 35.0 Å². The van der Waals surface area contributed by atoms with Crippen LogP contribution in [0.15, 0.2) is 59.8 Å². The van der Waals surface area contributed by atoms with Gasteiger partial charge in [-0.05, 0) is 18.2 Å². The molecule has 2 aromatic carbocycles. The number of terminal acetylenes is 1. The highest BCUT2D eigenvalue weighted by molar-refractivity contribution is 6.02. The first kappa shape index (κ1) is 15.4. The van der Waals surface area contributed by atoms with Gasteiger partial charge in [-0.1, -0.05) is 36.3 Å². The Morgan fingerprint density at radius 3 is 2.79 bits per heavy atom. The zero-order chi connectivity index (χ0) is 16.9. The van der Waals surface area contributed by atoms with Gasteiger partial charge in [-0.25, -0.2) is 5.43 Å². The van der Waals surface area contributed by atoms with Gasteiger partial charge in [0.1, 0.15) is 0 Å². The Labute approximate surface area is 139 Å². The van der Waals surface area contributed by atoms with Gasteiger partial charge in [0.05, 0.1) is 18.3 Å². The molecule has 5 nitrogen and oxygen atoms in total. The van der Waals surface area contributed by atoms with E-state index in [2.05, 4.69) is 16.4 Å². The van der Waals surface area contributed by atoms with Crippen molar-refractivity contribution in [2.75, 3.05) is 5.73 Å². The molecule has 0 saturated heterocycles. The van der Waals surface area contributed by atoms with E-state index in [1.165, 1.54) is 0 Å². The molecule has 0 radical (unpaired) electrons. The fraction of sp³-hybridized carbons (Fsp3) is 0.0526. The fourth-order valence-electron chi connectivity index (χ4n) is 2.53. The molecule has 5 heteroatoms. The number of fused-ring (bicyclic) bond motifs is 1. The van der Waals surface area contributed by atoms with Crippen molar-refractivity contribution in [3.05, 3.63) is 65.9 Å². The molecule has 1 heterocycles. The van der Waals surface area contributed by atoms with E-state index < -0.39 is 0 Å². The third-order valence-corrected chi connectivity index (χ3v) is 3.66. The second-order valence-electron chi connectivity index (χ2n) is 5.22. The molecule has 0 aliphatic heterocycles. The van der Waals surface area contributed by atoms with Gasteiger partial charge >= 0.3 is 0 Å². The topological polar surface area (TPSA) is 72.4 Å². The van der Waals surface area contributed by atoms with Crippen LogP contribution in [-0.2, 0) is 6.54 Å². The highest BCUT2D eigenvalue weighted by atomic mass is 16.2. The van der Waals surface area contributed by atoms with Gasteiger partial charge in [-0.3, -0.25) is 4.79 Å². The number of para-hydroxylation sites is 2. The molecule has 0 atom stereocenters. The molecule has 0 bridgehead atoms. The molecule has 1 amide bonds. The van der Waals surface area contributed by atoms with Crippen LogP contribution in [0, 0.1) is 12.3 Å². The summed E-state index contributed by atoms with van der Waals surface area (Å²) in [5, 5.41) is 5.06. The van der Waals surface area contributed by atoms with E-state index in [-0.39, 0.29) is 5.91 Å². The number of amides is 1. The predicted molar refractivity (Wildman–Crippen MR) is 96.7 cm³/mol. The van der Waals surface area contributed by atoms with Crippen molar-refractivity contribution in [2.45, 2.75) is 6.54 Å². The SMILES string of the molecule is C#CCn1cc(/C=N\NC(=O)c2ccccc2N)c2ccccc21. The molecule has 3 rings (SSSR count). The third-order valence-electron chi connectivity index (χ3n) is 3.66. The van der Waals surface area contributed by atoms with Gasteiger partial charge in [-0.2, -0.15) is 5.10 Å². The van der Waals surface area contributed by atoms with Crippen molar-refractivity contribution >= 4 is 28.7 Å². The Balaban J connectivity index is 1.83. The highest BCUT2D eigenvalue weighted by Crippen LogP contribution is 2.19. The molecule has 0 unspecified atom stereocenters. The zero-order valence-corrected chi connectivity index (χ0v) is 12.9. The van der Waals surface area contributed by atoms with Crippen LogP contribution in [0.4, 0.5) is 5.69 Å². The molecule has 3 aromatic rings. The number of nitrogens with zero attached hydrogens (tertiary/aromatic N) is 2. The smallest absolute Gasteiger partial charge is 0.273 e. The molecule has 3 N–H and O–H groups in total. The molecule has 0 fully saturated rings. The minimum absolute atomic E-state index is 0.350. The minimum atomic E-state index is -0.350. The maximum atomic E-state index is 12.1. The Kier molecular flexibility index (Phi) is 4.30. The number of nitrogens with one attached hydrogen (secondary N) is 1. The number of nitrogens with two attached hydrogens (primary N) is 1. The number of benzene rings is 2. The number of hydrogen-bond acceptors (Lipinski definition) is 3.